The summed E-state index contributed by atoms with van der Waals surface area (Å²) in [5.74, 6) is -0.0796. The van der Waals surface area contributed by atoms with Crippen molar-refractivity contribution in [2.45, 2.75) is 12.1 Å². The van der Waals surface area contributed by atoms with E-state index in [-0.39, 0.29) is 17.0 Å². The minimum absolute atomic E-state index is 0.0323. The fourth-order valence-corrected chi connectivity index (χ4v) is 2.04. The minimum Gasteiger partial charge on any atom is -0.508 e. The van der Waals surface area contributed by atoms with Crippen LogP contribution < -0.4 is 0 Å². The third kappa shape index (κ3) is 4.12. The van der Waals surface area contributed by atoms with E-state index in [2.05, 4.69) is 4.99 Å². The van der Waals surface area contributed by atoms with Crippen LogP contribution in [-0.4, -0.2) is 39.1 Å². The second-order valence-electron chi connectivity index (χ2n) is 4.88. The number of rotatable bonds is 6. The molecule has 0 spiro atoms. The molecule has 0 fully saturated rings. The number of nitrogens with zero attached hydrogens (tertiary/aromatic N) is 2. The third-order valence-electron chi connectivity index (χ3n) is 3.33. The molecular weight excluding hydrogens is 300 g/mol. The number of benzene rings is 2. The molecule has 2 rings (SSSR count). The summed E-state index contributed by atoms with van der Waals surface area (Å²) in [5.41, 5.74) is 0.834. The number of phenolic OH excluding ortho intramolecular Hbond substituents is 1. The molecule has 0 aromatic heterocycles. The van der Waals surface area contributed by atoms with Crippen LogP contribution in [0.4, 0.5) is 5.69 Å². The molecule has 0 saturated carbocycles. The van der Waals surface area contributed by atoms with Crippen LogP contribution in [0.3, 0.4) is 0 Å². The van der Waals surface area contributed by atoms with Crippen LogP contribution in [0.5, 0.6) is 5.75 Å². The lowest BCUT2D eigenvalue weighted by Crippen LogP contribution is -2.21. The Balaban J connectivity index is 2.15. The first-order chi connectivity index (χ1) is 11.0. The molecule has 2 unspecified atom stereocenters. The Kier molecular flexibility index (Phi) is 5.40. The van der Waals surface area contributed by atoms with E-state index in [0.29, 0.717) is 5.56 Å². The number of hydrogen-bond acceptors (Lipinski definition) is 6. The van der Waals surface area contributed by atoms with E-state index in [1.165, 1.54) is 36.5 Å². The summed E-state index contributed by atoms with van der Waals surface area (Å²) in [7, 11) is 0. The van der Waals surface area contributed by atoms with Crippen molar-refractivity contribution in [3.63, 3.8) is 0 Å². The van der Waals surface area contributed by atoms with Gasteiger partial charge in [-0.15, -0.1) is 0 Å². The van der Waals surface area contributed by atoms with Crippen molar-refractivity contribution >= 4 is 11.9 Å². The first-order valence-corrected chi connectivity index (χ1v) is 6.87. The topological polar surface area (TPSA) is 116 Å². The zero-order chi connectivity index (χ0) is 16.8. The van der Waals surface area contributed by atoms with E-state index >= 15 is 0 Å². The molecule has 7 nitrogen and oxygen atoms in total. The van der Waals surface area contributed by atoms with Gasteiger partial charge in [0.15, 0.2) is 0 Å². The van der Waals surface area contributed by atoms with Crippen molar-refractivity contribution in [3.8, 4) is 5.75 Å². The Hall–Kier alpha value is -2.77. The average molecular weight is 316 g/mol. The predicted octanol–water partition coefficient (Wildman–Crippen LogP) is 1.81. The van der Waals surface area contributed by atoms with Gasteiger partial charge in [0, 0.05) is 23.9 Å². The standard InChI is InChI=1S/C16H16N2O5/c19-10-14(16(21)13-3-1-2-4-15(13)20)17-9-11-5-7-12(8-6-11)18(22)23/h1-9,14,16,19-21H,10H2. The molecule has 2 aromatic carbocycles. The zero-order valence-electron chi connectivity index (χ0n) is 12.1. The van der Waals surface area contributed by atoms with Gasteiger partial charge in [0.25, 0.3) is 5.69 Å². The zero-order valence-corrected chi connectivity index (χ0v) is 12.1. The highest BCUT2D eigenvalue weighted by Gasteiger charge is 2.21. The number of nitro groups is 1. The van der Waals surface area contributed by atoms with Crippen molar-refractivity contribution in [1.82, 2.24) is 0 Å². The number of hydrogen-bond donors (Lipinski definition) is 3. The highest BCUT2D eigenvalue weighted by atomic mass is 16.6. The van der Waals surface area contributed by atoms with Crippen molar-refractivity contribution in [2.75, 3.05) is 6.61 Å². The van der Waals surface area contributed by atoms with Crippen molar-refractivity contribution in [2.24, 2.45) is 4.99 Å². The monoisotopic (exact) mass is 316 g/mol. The van der Waals surface area contributed by atoms with E-state index in [1.807, 2.05) is 0 Å². The Morgan fingerprint density at radius 1 is 1.17 bits per heavy atom. The molecular formula is C16H16N2O5. The van der Waals surface area contributed by atoms with Crippen molar-refractivity contribution in [3.05, 3.63) is 69.8 Å². The number of nitro benzene ring substituents is 1. The molecule has 0 amide bonds. The van der Waals surface area contributed by atoms with Crippen molar-refractivity contribution in [1.29, 1.82) is 0 Å². The van der Waals surface area contributed by atoms with Gasteiger partial charge in [-0.05, 0) is 23.8 Å². The van der Waals surface area contributed by atoms with Crippen LogP contribution in [0, 0.1) is 10.1 Å². The fraction of sp³-hybridized carbons (Fsp3) is 0.188. The maximum Gasteiger partial charge on any atom is 0.269 e. The normalized spacial score (nSPS) is 13.8. The second-order valence-corrected chi connectivity index (χ2v) is 4.88. The number of aliphatic hydroxyl groups excluding tert-OH is 2. The Labute approximate surface area is 132 Å². The van der Waals surface area contributed by atoms with E-state index in [1.54, 1.807) is 18.2 Å². The van der Waals surface area contributed by atoms with E-state index in [9.17, 15) is 25.4 Å². The first-order valence-electron chi connectivity index (χ1n) is 6.87. The number of phenols is 1. The van der Waals surface area contributed by atoms with E-state index in [0.717, 1.165) is 0 Å². The molecule has 0 radical (unpaired) electrons. The summed E-state index contributed by atoms with van der Waals surface area (Å²) in [6.07, 6.45) is 0.240. The molecule has 2 atom stereocenters. The molecule has 7 heteroatoms. The van der Waals surface area contributed by atoms with Crippen molar-refractivity contribution < 1.29 is 20.2 Å². The minimum atomic E-state index is -1.17. The Morgan fingerprint density at radius 2 is 1.83 bits per heavy atom. The summed E-state index contributed by atoms with van der Waals surface area (Å²) in [6.45, 7) is -0.418. The molecule has 3 N–H and O–H groups in total. The first kappa shape index (κ1) is 16.6. The second kappa shape index (κ2) is 7.48. The molecule has 0 aliphatic heterocycles. The van der Waals surface area contributed by atoms with Gasteiger partial charge in [0.2, 0.25) is 0 Å². The van der Waals surface area contributed by atoms with Crippen LogP contribution in [0.1, 0.15) is 17.2 Å². The predicted molar refractivity (Wildman–Crippen MR) is 84.6 cm³/mol. The summed E-state index contributed by atoms with van der Waals surface area (Å²) >= 11 is 0. The highest BCUT2D eigenvalue weighted by Crippen LogP contribution is 2.27. The van der Waals surface area contributed by atoms with E-state index in [4.69, 9.17) is 0 Å². The number of aliphatic imine (C=N–C) groups is 1. The quantitative estimate of drug-likeness (QED) is 0.427. The molecule has 23 heavy (non-hydrogen) atoms. The molecule has 120 valence electrons. The van der Waals surface area contributed by atoms with Crippen LogP contribution in [0.25, 0.3) is 0 Å². The number of non-ortho nitro benzene ring substituents is 1. The molecule has 2 aromatic rings. The molecule has 0 bridgehead atoms. The smallest absolute Gasteiger partial charge is 0.269 e. The maximum atomic E-state index is 10.6. The lowest BCUT2D eigenvalue weighted by Gasteiger charge is -2.18. The fourth-order valence-electron chi connectivity index (χ4n) is 2.04. The molecule has 0 heterocycles. The summed E-state index contributed by atoms with van der Waals surface area (Å²) in [5, 5.41) is 40.0. The van der Waals surface area contributed by atoms with Gasteiger partial charge >= 0.3 is 0 Å². The van der Waals surface area contributed by atoms with Gasteiger partial charge in [-0.25, -0.2) is 0 Å². The van der Waals surface area contributed by atoms with Gasteiger partial charge < -0.3 is 15.3 Å². The van der Waals surface area contributed by atoms with Crippen LogP contribution in [0.2, 0.25) is 0 Å². The molecule has 0 saturated heterocycles. The van der Waals surface area contributed by atoms with Gasteiger partial charge in [-0.1, -0.05) is 18.2 Å². The number of para-hydroxylation sites is 1. The molecule has 0 aliphatic rings. The molecule has 0 aliphatic carbocycles. The van der Waals surface area contributed by atoms with Crippen LogP contribution in [0.15, 0.2) is 53.5 Å². The lowest BCUT2D eigenvalue weighted by atomic mass is 10.0. The highest BCUT2D eigenvalue weighted by molar-refractivity contribution is 5.80. The van der Waals surface area contributed by atoms with Crippen LogP contribution >= 0.6 is 0 Å². The number of aromatic hydroxyl groups is 1. The van der Waals surface area contributed by atoms with Gasteiger partial charge in [-0.2, -0.15) is 0 Å². The average Bonchev–Trinajstić information content (AvgIpc) is 2.56. The van der Waals surface area contributed by atoms with Crippen LogP contribution in [-0.2, 0) is 0 Å². The summed E-state index contributed by atoms with van der Waals surface area (Å²) in [4.78, 5) is 14.2. The van der Waals surface area contributed by atoms with Gasteiger partial charge in [0.1, 0.15) is 17.9 Å². The number of aliphatic hydroxyl groups is 2. The SMILES string of the molecule is O=[N+]([O-])c1ccc(C=NC(CO)C(O)c2ccccc2O)cc1. The summed E-state index contributed by atoms with van der Waals surface area (Å²) < 4.78 is 0. The summed E-state index contributed by atoms with van der Waals surface area (Å²) in [6, 6.07) is 11.1. The Morgan fingerprint density at radius 3 is 2.39 bits per heavy atom. The van der Waals surface area contributed by atoms with Gasteiger partial charge in [0.05, 0.1) is 11.5 Å². The lowest BCUT2D eigenvalue weighted by molar-refractivity contribution is -0.384. The van der Waals surface area contributed by atoms with Gasteiger partial charge in [-0.3, -0.25) is 15.1 Å². The third-order valence-corrected chi connectivity index (χ3v) is 3.33. The Bertz CT molecular complexity index is 700. The van der Waals surface area contributed by atoms with E-state index < -0.39 is 23.7 Å². The maximum absolute atomic E-state index is 10.6. The largest absolute Gasteiger partial charge is 0.508 e.